The molecule has 3 aromatic heterocycles. The van der Waals surface area contributed by atoms with Gasteiger partial charge >= 0.3 is 6.09 Å². The van der Waals surface area contributed by atoms with Crippen molar-refractivity contribution in [3.8, 4) is 6.07 Å². The average molecular weight is 479 g/mol. The topological polar surface area (TPSA) is 104 Å². The number of thiophene rings is 2. The highest BCUT2D eigenvalue weighted by atomic mass is 32.1. The van der Waals surface area contributed by atoms with Gasteiger partial charge in [0.1, 0.15) is 11.1 Å². The van der Waals surface area contributed by atoms with E-state index in [0.29, 0.717) is 30.1 Å². The van der Waals surface area contributed by atoms with Gasteiger partial charge in [-0.3, -0.25) is 9.78 Å². The van der Waals surface area contributed by atoms with Gasteiger partial charge in [0.25, 0.3) is 0 Å². The van der Waals surface area contributed by atoms with E-state index in [-0.39, 0.29) is 11.8 Å². The normalized spacial score (nSPS) is 14.9. The summed E-state index contributed by atoms with van der Waals surface area (Å²) >= 11 is 3.00. The Morgan fingerprint density at radius 3 is 2.91 bits per heavy atom. The average Bonchev–Trinajstić information content (AvgIpc) is 3.47. The molecule has 0 saturated carbocycles. The van der Waals surface area contributed by atoms with E-state index in [1.165, 1.54) is 17.4 Å². The summed E-state index contributed by atoms with van der Waals surface area (Å²) in [6, 6.07) is 7.85. The van der Waals surface area contributed by atoms with Crippen molar-refractivity contribution in [3.05, 3.63) is 74.6 Å². The molecule has 0 spiro atoms. The second-order valence-corrected chi connectivity index (χ2v) is 9.50. The van der Waals surface area contributed by atoms with Gasteiger partial charge in [0.15, 0.2) is 0 Å². The fraction of sp³-hybridized carbons (Fsp3) is 0.250. The number of amides is 2. The zero-order valence-corrected chi connectivity index (χ0v) is 19.4. The van der Waals surface area contributed by atoms with E-state index < -0.39 is 6.09 Å². The molecule has 0 aliphatic heterocycles. The zero-order valence-electron chi connectivity index (χ0n) is 17.7. The van der Waals surface area contributed by atoms with Crippen molar-refractivity contribution in [2.45, 2.75) is 25.8 Å². The molecule has 0 radical (unpaired) electrons. The number of pyridine rings is 1. The number of aromatic nitrogens is 1. The number of ether oxygens (including phenoxy) is 1. The van der Waals surface area contributed by atoms with Gasteiger partial charge in [0, 0.05) is 29.9 Å². The Kier molecular flexibility index (Phi) is 7.50. The molecule has 1 unspecified atom stereocenters. The van der Waals surface area contributed by atoms with Crippen molar-refractivity contribution < 1.29 is 14.3 Å². The van der Waals surface area contributed by atoms with Crippen LogP contribution in [-0.4, -0.2) is 23.6 Å². The van der Waals surface area contributed by atoms with Crippen molar-refractivity contribution in [2.75, 3.05) is 11.9 Å². The number of hydrogen-bond acceptors (Lipinski definition) is 7. The van der Waals surface area contributed by atoms with Crippen LogP contribution in [0.15, 0.2) is 47.4 Å². The molecule has 1 aliphatic rings. The second-order valence-electron chi connectivity index (χ2n) is 7.62. The van der Waals surface area contributed by atoms with Crippen LogP contribution < -0.4 is 10.6 Å². The maximum atomic E-state index is 12.3. The van der Waals surface area contributed by atoms with Crippen LogP contribution in [0.5, 0.6) is 0 Å². The largest absolute Gasteiger partial charge is 0.449 e. The highest BCUT2D eigenvalue weighted by Gasteiger charge is 2.27. The summed E-state index contributed by atoms with van der Waals surface area (Å²) in [6.45, 7) is 0.697. The van der Waals surface area contributed by atoms with Crippen LogP contribution in [-0.2, 0) is 28.9 Å². The number of fused-ring (bicyclic) bond motifs is 1. The summed E-state index contributed by atoms with van der Waals surface area (Å²) < 4.78 is 5.41. The van der Waals surface area contributed by atoms with Gasteiger partial charge in [-0.15, -0.1) is 11.3 Å². The molecule has 0 aromatic carbocycles. The Morgan fingerprint density at radius 1 is 1.30 bits per heavy atom. The summed E-state index contributed by atoms with van der Waals surface area (Å²) in [6.07, 6.45) is 8.38. The third-order valence-electron chi connectivity index (χ3n) is 5.32. The molecule has 3 heterocycles. The second kappa shape index (κ2) is 10.9. The van der Waals surface area contributed by atoms with Crippen molar-refractivity contribution in [3.63, 3.8) is 0 Å². The lowest BCUT2D eigenvalue weighted by atomic mass is 9.88. The molecule has 33 heavy (non-hydrogen) atoms. The fourth-order valence-corrected chi connectivity index (χ4v) is 5.56. The van der Waals surface area contributed by atoms with Crippen LogP contribution in [0.4, 0.5) is 9.80 Å². The first-order valence-corrected chi connectivity index (χ1v) is 12.2. The Morgan fingerprint density at radius 2 is 2.15 bits per heavy atom. The lowest BCUT2D eigenvalue weighted by Crippen LogP contribution is -2.27. The molecular formula is C24H22N4O3S2. The standard InChI is InChI=1S/C24H22N4O3S2/c25-12-20-19-3-1-18(14-31-24(30)27-13-16-5-8-26-9-6-16)11-21(19)33-23(20)28-22(29)4-2-17-7-10-32-15-17/h2,4-10,15,18H,1,3,11,13-14H2,(H,27,30)(H,28,29). The number of anilines is 1. The highest BCUT2D eigenvalue weighted by molar-refractivity contribution is 7.16. The molecule has 4 rings (SSSR count). The molecule has 1 atom stereocenters. The van der Waals surface area contributed by atoms with Crippen LogP contribution in [0.3, 0.4) is 0 Å². The van der Waals surface area contributed by atoms with Crippen LogP contribution >= 0.6 is 22.7 Å². The number of nitrogens with zero attached hydrogens (tertiary/aromatic N) is 2. The highest BCUT2D eigenvalue weighted by Crippen LogP contribution is 2.39. The van der Waals surface area contributed by atoms with Crippen LogP contribution in [0.1, 0.15) is 33.6 Å². The minimum Gasteiger partial charge on any atom is -0.449 e. The molecule has 2 N–H and O–H groups in total. The van der Waals surface area contributed by atoms with Crippen molar-refractivity contribution in [1.29, 1.82) is 5.26 Å². The smallest absolute Gasteiger partial charge is 0.407 e. The molecule has 2 amide bonds. The lowest BCUT2D eigenvalue weighted by molar-refractivity contribution is -0.111. The maximum Gasteiger partial charge on any atom is 0.407 e. The van der Waals surface area contributed by atoms with Gasteiger partial charge in [-0.1, -0.05) is 0 Å². The molecule has 1 aliphatic carbocycles. The molecule has 0 bridgehead atoms. The Labute approximate surface area is 199 Å². The number of nitrogens with one attached hydrogen (secondary N) is 2. The van der Waals surface area contributed by atoms with Crippen LogP contribution in [0.2, 0.25) is 0 Å². The third kappa shape index (κ3) is 6.06. The minimum atomic E-state index is -0.452. The molecule has 9 heteroatoms. The lowest BCUT2D eigenvalue weighted by Gasteiger charge is -2.21. The molecule has 168 valence electrons. The number of hydrogen-bond donors (Lipinski definition) is 2. The van der Waals surface area contributed by atoms with Gasteiger partial charge in [0.05, 0.1) is 12.2 Å². The monoisotopic (exact) mass is 478 g/mol. The number of carbonyl (C=O) groups excluding carboxylic acids is 2. The minimum absolute atomic E-state index is 0.177. The summed E-state index contributed by atoms with van der Waals surface area (Å²) in [5.41, 5.74) is 3.46. The van der Waals surface area contributed by atoms with E-state index in [1.807, 2.05) is 29.0 Å². The Bertz CT molecular complexity index is 1180. The van der Waals surface area contributed by atoms with Gasteiger partial charge in [-0.2, -0.15) is 16.6 Å². The third-order valence-corrected chi connectivity index (χ3v) is 7.19. The van der Waals surface area contributed by atoms with E-state index in [4.69, 9.17) is 4.74 Å². The van der Waals surface area contributed by atoms with Crippen LogP contribution in [0.25, 0.3) is 6.08 Å². The predicted octanol–water partition coefficient (Wildman–Crippen LogP) is 4.76. The first kappa shape index (κ1) is 22.7. The number of nitriles is 1. The van der Waals surface area contributed by atoms with Gasteiger partial charge in [-0.25, -0.2) is 4.79 Å². The van der Waals surface area contributed by atoms with Gasteiger partial charge in [0.2, 0.25) is 5.91 Å². The summed E-state index contributed by atoms with van der Waals surface area (Å²) in [4.78, 5) is 29.4. The zero-order chi connectivity index (χ0) is 23.0. The maximum absolute atomic E-state index is 12.3. The van der Waals surface area contributed by atoms with Crippen molar-refractivity contribution >= 4 is 45.8 Å². The van der Waals surface area contributed by atoms with Crippen molar-refractivity contribution in [1.82, 2.24) is 10.3 Å². The molecule has 3 aromatic rings. The van der Waals surface area contributed by atoms with E-state index in [1.54, 1.807) is 29.8 Å². The fourth-order valence-electron chi connectivity index (χ4n) is 3.62. The van der Waals surface area contributed by atoms with Gasteiger partial charge in [-0.05, 0) is 76.9 Å². The number of carbonyl (C=O) groups is 2. The Hall–Kier alpha value is -3.48. The Balaban J connectivity index is 1.31. The van der Waals surface area contributed by atoms with Gasteiger partial charge < -0.3 is 15.4 Å². The summed E-state index contributed by atoms with van der Waals surface area (Å²) in [5, 5.41) is 19.7. The van der Waals surface area contributed by atoms with E-state index in [2.05, 4.69) is 21.7 Å². The van der Waals surface area contributed by atoms with E-state index in [9.17, 15) is 14.9 Å². The quantitative estimate of drug-likeness (QED) is 0.477. The first-order chi connectivity index (χ1) is 16.1. The number of rotatable bonds is 7. The SMILES string of the molecule is N#Cc1c(NC(=O)C=Cc2ccsc2)sc2c1CCC(COC(=O)NCc1ccncc1)C2. The van der Waals surface area contributed by atoms with E-state index in [0.717, 1.165) is 34.4 Å². The summed E-state index contributed by atoms with van der Waals surface area (Å²) in [5.74, 6) is -0.0848. The van der Waals surface area contributed by atoms with E-state index >= 15 is 0 Å². The summed E-state index contributed by atoms with van der Waals surface area (Å²) in [7, 11) is 0. The molecular weight excluding hydrogens is 456 g/mol. The molecule has 0 saturated heterocycles. The predicted molar refractivity (Wildman–Crippen MR) is 129 cm³/mol. The molecule has 0 fully saturated rings. The number of alkyl carbamates (subject to hydrolysis) is 1. The van der Waals surface area contributed by atoms with Crippen molar-refractivity contribution in [2.24, 2.45) is 5.92 Å². The first-order valence-electron chi connectivity index (χ1n) is 10.5. The molecule has 7 nitrogen and oxygen atoms in total. The van der Waals surface area contributed by atoms with Crippen LogP contribution in [0, 0.1) is 17.2 Å².